The van der Waals surface area contributed by atoms with Crippen LogP contribution in [0.2, 0.25) is 5.02 Å². The van der Waals surface area contributed by atoms with Crippen molar-refractivity contribution in [1.29, 1.82) is 0 Å². The molecule has 0 fully saturated rings. The molecule has 5 heteroatoms. The van der Waals surface area contributed by atoms with Gasteiger partial charge in [-0.2, -0.15) is 0 Å². The second-order valence-corrected chi connectivity index (χ2v) is 6.50. The van der Waals surface area contributed by atoms with Crippen LogP contribution in [0.1, 0.15) is 24.1 Å². The average molecular weight is 420 g/mol. The Morgan fingerprint density at radius 1 is 1.10 bits per heavy atom. The molecule has 0 aromatic heterocycles. The van der Waals surface area contributed by atoms with Crippen molar-refractivity contribution >= 4 is 43.5 Å². The van der Waals surface area contributed by atoms with Crippen LogP contribution < -0.4 is 10.5 Å². The zero-order valence-electron chi connectivity index (χ0n) is 10.9. The third kappa shape index (κ3) is 3.55. The van der Waals surface area contributed by atoms with Gasteiger partial charge in [0, 0.05) is 19.5 Å². The van der Waals surface area contributed by atoms with Gasteiger partial charge < -0.3 is 10.5 Å². The molecule has 1 atom stereocenters. The highest BCUT2D eigenvalue weighted by molar-refractivity contribution is 9.10. The average Bonchev–Trinajstić information content (AvgIpc) is 2.43. The van der Waals surface area contributed by atoms with E-state index in [1.807, 2.05) is 43.3 Å². The van der Waals surface area contributed by atoms with Crippen LogP contribution in [0.4, 0.5) is 0 Å². The molecule has 2 aromatic rings. The number of rotatable bonds is 4. The van der Waals surface area contributed by atoms with Gasteiger partial charge in [-0.1, -0.05) is 43.5 Å². The Morgan fingerprint density at radius 2 is 1.70 bits per heavy atom. The third-order valence-corrected chi connectivity index (χ3v) is 4.23. The van der Waals surface area contributed by atoms with Gasteiger partial charge in [0.05, 0.1) is 12.6 Å². The number of benzene rings is 2. The first-order valence-corrected chi connectivity index (χ1v) is 8.12. The molecule has 2 N–H and O–H groups in total. The molecule has 0 amide bonds. The van der Waals surface area contributed by atoms with Gasteiger partial charge in [0.25, 0.3) is 0 Å². The fraction of sp³-hybridized carbons (Fsp3) is 0.200. The zero-order chi connectivity index (χ0) is 14.7. The summed E-state index contributed by atoms with van der Waals surface area (Å²) in [6.45, 7) is 2.54. The maximum absolute atomic E-state index is 6.38. The number of hydrogen-bond acceptors (Lipinski definition) is 2. The van der Waals surface area contributed by atoms with Crippen LogP contribution in [0.25, 0.3) is 0 Å². The van der Waals surface area contributed by atoms with E-state index < -0.39 is 0 Å². The van der Waals surface area contributed by atoms with E-state index in [4.69, 9.17) is 22.1 Å². The monoisotopic (exact) mass is 417 g/mol. The normalized spacial score (nSPS) is 12.2. The second-order valence-electron chi connectivity index (χ2n) is 4.26. The van der Waals surface area contributed by atoms with Gasteiger partial charge in [0.2, 0.25) is 0 Å². The van der Waals surface area contributed by atoms with E-state index in [-0.39, 0.29) is 6.04 Å². The topological polar surface area (TPSA) is 35.2 Å². The molecular formula is C15H14Br2ClNO. The Bertz CT molecular complexity index is 619. The summed E-state index contributed by atoms with van der Waals surface area (Å²) in [5.41, 5.74) is 8.15. The van der Waals surface area contributed by atoms with Crippen molar-refractivity contribution in [2.24, 2.45) is 5.73 Å². The van der Waals surface area contributed by atoms with E-state index in [1.54, 1.807) is 0 Å². The second kappa shape index (κ2) is 6.94. The van der Waals surface area contributed by atoms with Gasteiger partial charge in [-0.3, -0.25) is 0 Å². The highest BCUT2D eigenvalue weighted by atomic mass is 79.9. The molecule has 0 saturated carbocycles. The fourth-order valence-corrected chi connectivity index (χ4v) is 2.96. The van der Waals surface area contributed by atoms with Crippen LogP contribution in [-0.4, -0.2) is 6.61 Å². The van der Waals surface area contributed by atoms with Crippen molar-refractivity contribution in [2.75, 3.05) is 6.61 Å². The zero-order valence-corrected chi connectivity index (χ0v) is 14.8. The van der Waals surface area contributed by atoms with Crippen molar-refractivity contribution in [3.63, 3.8) is 0 Å². The molecule has 0 aliphatic rings. The summed E-state index contributed by atoms with van der Waals surface area (Å²) in [4.78, 5) is 0. The Labute approximate surface area is 140 Å². The van der Waals surface area contributed by atoms with Crippen molar-refractivity contribution in [2.45, 2.75) is 13.0 Å². The summed E-state index contributed by atoms with van der Waals surface area (Å²) in [5.74, 6) is 0.777. The molecule has 1 unspecified atom stereocenters. The van der Waals surface area contributed by atoms with E-state index in [9.17, 15) is 0 Å². The molecule has 0 saturated heterocycles. The lowest BCUT2D eigenvalue weighted by Gasteiger charge is -2.18. The first-order chi connectivity index (χ1) is 9.52. The van der Waals surface area contributed by atoms with Crippen LogP contribution in [-0.2, 0) is 0 Å². The number of hydrogen-bond donors (Lipinski definition) is 1. The highest BCUT2D eigenvalue weighted by Crippen LogP contribution is 2.35. The minimum atomic E-state index is -0.348. The largest absolute Gasteiger partial charge is 0.494 e. The minimum absolute atomic E-state index is 0.348. The predicted molar refractivity (Wildman–Crippen MR) is 90.5 cm³/mol. The lowest BCUT2D eigenvalue weighted by molar-refractivity contribution is 0.335. The number of nitrogens with two attached hydrogens (primary N) is 1. The van der Waals surface area contributed by atoms with E-state index >= 15 is 0 Å². The van der Waals surface area contributed by atoms with Gasteiger partial charge in [-0.25, -0.2) is 0 Å². The summed E-state index contributed by atoms with van der Waals surface area (Å²) in [5, 5.41) is 0.642. The Morgan fingerprint density at radius 3 is 2.35 bits per heavy atom. The van der Waals surface area contributed by atoms with Crippen molar-refractivity contribution < 1.29 is 4.74 Å². The maximum Gasteiger partial charge on any atom is 0.124 e. The van der Waals surface area contributed by atoms with Crippen LogP contribution in [0.3, 0.4) is 0 Å². The van der Waals surface area contributed by atoms with E-state index in [0.29, 0.717) is 11.6 Å². The summed E-state index contributed by atoms with van der Waals surface area (Å²) in [6, 6.07) is 11.1. The van der Waals surface area contributed by atoms with Gasteiger partial charge >= 0.3 is 0 Å². The highest BCUT2D eigenvalue weighted by Gasteiger charge is 2.17. The number of ether oxygens (including phenoxy) is 1. The van der Waals surface area contributed by atoms with E-state index in [0.717, 1.165) is 25.8 Å². The molecule has 0 heterocycles. The maximum atomic E-state index is 6.38. The lowest BCUT2D eigenvalue weighted by Crippen LogP contribution is -2.14. The SMILES string of the molecule is CCOc1ccc(Br)cc1C(N)c1cc(Br)ccc1Cl. The minimum Gasteiger partial charge on any atom is -0.494 e. The Hall–Kier alpha value is -0.550. The smallest absolute Gasteiger partial charge is 0.124 e. The molecule has 0 bridgehead atoms. The standard InChI is InChI=1S/C15H14Br2ClNO/c1-2-20-14-6-4-10(17)8-12(14)15(19)11-7-9(16)3-5-13(11)18/h3-8,15H,2,19H2,1H3. The molecule has 106 valence electrons. The first kappa shape index (κ1) is 15.8. The summed E-state index contributed by atoms with van der Waals surface area (Å²) in [6.07, 6.45) is 0. The molecule has 2 nitrogen and oxygen atoms in total. The Balaban J connectivity index is 2.49. The quantitative estimate of drug-likeness (QED) is 0.729. The van der Waals surface area contributed by atoms with Crippen molar-refractivity contribution in [3.05, 3.63) is 61.5 Å². The summed E-state index contributed by atoms with van der Waals surface area (Å²) in [7, 11) is 0. The Kier molecular flexibility index (Phi) is 5.49. The molecule has 0 spiro atoms. The van der Waals surface area contributed by atoms with Crippen molar-refractivity contribution in [3.8, 4) is 5.75 Å². The lowest BCUT2D eigenvalue weighted by atomic mass is 9.99. The first-order valence-electron chi connectivity index (χ1n) is 6.15. The molecule has 20 heavy (non-hydrogen) atoms. The van der Waals surface area contributed by atoms with Crippen molar-refractivity contribution in [1.82, 2.24) is 0 Å². The summed E-state index contributed by atoms with van der Waals surface area (Å²) < 4.78 is 7.55. The molecule has 2 rings (SSSR count). The predicted octanol–water partition coefficient (Wildman–Crippen LogP) is 5.31. The third-order valence-electron chi connectivity index (χ3n) is 2.90. The fourth-order valence-electron chi connectivity index (χ4n) is 1.97. The van der Waals surface area contributed by atoms with Gasteiger partial charge in [-0.05, 0) is 48.9 Å². The molecule has 0 radical (unpaired) electrons. The summed E-state index contributed by atoms with van der Waals surface area (Å²) >= 11 is 13.2. The van der Waals surface area contributed by atoms with Crippen LogP contribution in [0, 0.1) is 0 Å². The van der Waals surface area contributed by atoms with Crippen LogP contribution in [0.15, 0.2) is 45.3 Å². The van der Waals surface area contributed by atoms with E-state index in [1.165, 1.54) is 0 Å². The van der Waals surface area contributed by atoms with Crippen LogP contribution in [0.5, 0.6) is 5.75 Å². The van der Waals surface area contributed by atoms with Gasteiger partial charge in [0.1, 0.15) is 5.75 Å². The molecule has 0 aliphatic heterocycles. The molecule has 2 aromatic carbocycles. The van der Waals surface area contributed by atoms with Gasteiger partial charge in [0.15, 0.2) is 0 Å². The van der Waals surface area contributed by atoms with Crippen LogP contribution >= 0.6 is 43.5 Å². The van der Waals surface area contributed by atoms with E-state index in [2.05, 4.69) is 31.9 Å². The van der Waals surface area contributed by atoms with Gasteiger partial charge in [-0.15, -0.1) is 0 Å². The molecular weight excluding hydrogens is 405 g/mol. The molecule has 0 aliphatic carbocycles. The number of halogens is 3.